The van der Waals surface area contributed by atoms with E-state index in [-0.39, 0.29) is 5.78 Å². The lowest BCUT2D eigenvalue weighted by Gasteiger charge is -2.08. The van der Waals surface area contributed by atoms with Gasteiger partial charge in [-0.05, 0) is 24.3 Å². The van der Waals surface area contributed by atoms with Crippen molar-refractivity contribution in [3.8, 4) is 11.8 Å². The Kier molecular flexibility index (Phi) is 5.04. The topological polar surface area (TPSA) is 46.2 Å². The van der Waals surface area contributed by atoms with Crippen LogP contribution in [0.2, 0.25) is 0 Å². The fourth-order valence-corrected chi connectivity index (χ4v) is 2.34. The highest BCUT2D eigenvalue weighted by atomic mass is 16.1. The zero-order valence-corrected chi connectivity index (χ0v) is 13.4. The molecule has 0 spiro atoms. The van der Waals surface area contributed by atoms with Gasteiger partial charge in [0, 0.05) is 22.6 Å². The van der Waals surface area contributed by atoms with Gasteiger partial charge in [0.25, 0.3) is 0 Å². The number of carbonyl (C=O) groups excluding carboxylic acids is 2. The number of hydrogen-bond acceptors (Lipinski definition) is 2. The fourth-order valence-electron chi connectivity index (χ4n) is 2.34. The number of para-hydroxylation sites is 1. The summed E-state index contributed by atoms with van der Waals surface area (Å²) in [6.07, 6.45) is 0. The van der Waals surface area contributed by atoms with Gasteiger partial charge in [0.2, 0.25) is 0 Å². The van der Waals surface area contributed by atoms with Gasteiger partial charge in [-0.3, -0.25) is 9.59 Å². The molecule has 1 N–H and O–H groups in total. The predicted octanol–water partition coefficient (Wildman–Crippen LogP) is 3.91. The number of ketones is 1. The van der Waals surface area contributed by atoms with Gasteiger partial charge in [0.15, 0.2) is 5.78 Å². The number of carbonyl (C=O) groups is 2. The van der Waals surface area contributed by atoms with Gasteiger partial charge >= 0.3 is 5.91 Å². The second-order valence-corrected chi connectivity index (χ2v) is 5.31. The summed E-state index contributed by atoms with van der Waals surface area (Å²) in [6, 6.07) is 25.1. The molecule has 0 bridgehead atoms. The van der Waals surface area contributed by atoms with Crippen LogP contribution in [0.5, 0.6) is 0 Å². The van der Waals surface area contributed by atoms with Crippen LogP contribution in [0.1, 0.15) is 21.5 Å². The summed E-state index contributed by atoms with van der Waals surface area (Å²) in [6.45, 7) is 0. The van der Waals surface area contributed by atoms with E-state index in [9.17, 15) is 9.59 Å². The van der Waals surface area contributed by atoms with Crippen molar-refractivity contribution in [1.82, 2.24) is 0 Å². The number of hydrogen-bond donors (Lipinski definition) is 1. The first-order valence-corrected chi connectivity index (χ1v) is 7.81. The van der Waals surface area contributed by atoms with Crippen LogP contribution >= 0.6 is 0 Å². The first-order chi connectivity index (χ1) is 12.2. The Balaban J connectivity index is 1.81. The minimum absolute atomic E-state index is 0.146. The molecule has 3 nitrogen and oxygen atoms in total. The van der Waals surface area contributed by atoms with E-state index in [1.165, 1.54) is 0 Å². The minimum Gasteiger partial charge on any atom is -0.314 e. The van der Waals surface area contributed by atoms with Crippen molar-refractivity contribution in [1.29, 1.82) is 0 Å². The summed E-state index contributed by atoms with van der Waals surface area (Å²) in [5.74, 6) is 4.73. The average molecular weight is 325 g/mol. The predicted molar refractivity (Wildman–Crippen MR) is 98.3 cm³/mol. The van der Waals surface area contributed by atoms with Gasteiger partial charge in [0.05, 0.1) is 5.69 Å². The Morgan fingerprint density at radius 2 is 1.32 bits per heavy atom. The van der Waals surface area contributed by atoms with Crippen molar-refractivity contribution in [2.45, 2.75) is 0 Å². The number of nitrogens with one attached hydrogen (secondary N) is 1. The zero-order valence-electron chi connectivity index (χ0n) is 13.4. The third-order valence-electron chi connectivity index (χ3n) is 3.55. The first-order valence-electron chi connectivity index (χ1n) is 7.81. The molecule has 3 aromatic rings. The van der Waals surface area contributed by atoms with E-state index < -0.39 is 5.91 Å². The molecule has 25 heavy (non-hydrogen) atoms. The second kappa shape index (κ2) is 7.76. The molecule has 3 aromatic carbocycles. The van der Waals surface area contributed by atoms with Crippen LogP contribution in [-0.2, 0) is 4.79 Å². The summed E-state index contributed by atoms with van der Waals surface area (Å²) in [4.78, 5) is 24.7. The van der Waals surface area contributed by atoms with Crippen LogP contribution in [-0.4, -0.2) is 11.7 Å². The maximum atomic E-state index is 12.6. The summed E-state index contributed by atoms with van der Waals surface area (Å²) >= 11 is 0. The largest absolute Gasteiger partial charge is 0.314 e. The van der Waals surface area contributed by atoms with E-state index in [2.05, 4.69) is 17.2 Å². The van der Waals surface area contributed by atoms with Crippen molar-refractivity contribution >= 4 is 17.4 Å². The van der Waals surface area contributed by atoms with Crippen molar-refractivity contribution in [2.24, 2.45) is 0 Å². The molecular weight excluding hydrogens is 310 g/mol. The summed E-state index contributed by atoms with van der Waals surface area (Å²) in [5.41, 5.74) is 2.21. The standard InChI is InChI=1S/C22H15NO2/c24-21(16-15-17-9-3-1-4-10-17)23-20-14-8-7-13-19(20)22(25)18-11-5-2-6-12-18/h1-14H,(H,23,24). The van der Waals surface area contributed by atoms with Crippen LogP contribution in [0.4, 0.5) is 5.69 Å². The third-order valence-corrected chi connectivity index (χ3v) is 3.55. The normalized spacial score (nSPS) is 9.60. The number of amides is 1. The highest BCUT2D eigenvalue weighted by Gasteiger charge is 2.13. The van der Waals surface area contributed by atoms with E-state index in [0.29, 0.717) is 16.8 Å². The Bertz CT molecular complexity index is 951. The monoisotopic (exact) mass is 325 g/mol. The highest BCUT2D eigenvalue weighted by molar-refractivity contribution is 6.15. The molecule has 0 unspecified atom stereocenters. The molecule has 0 radical (unpaired) electrons. The van der Waals surface area contributed by atoms with Crippen molar-refractivity contribution < 1.29 is 9.59 Å². The van der Waals surface area contributed by atoms with Gasteiger partial charge in [-0.1, -0.05) is 66.6 Å². The molecule has 0 aliphatic carbocycles. The molecule has 0 aliphatic rings. The van der Waals surface area contributed by atoms with E-state index in [1.807, 2.05) is 36.4 Å². The summed E-state index contributed by atoms with van der Waals surface area (Å²) < 4.78 is 0. The van der Waals surface area contributed by atoms with Crippen LogP contribution in [0, 0.1) is 11.8 Å². The maximum Gasteiger partial charge on any atom is 0.300 e. The van der Waals surface area contributed by atoms with E-state index in [4.69, 9.17) is 0 Å². The zero-order chi connectivity index (χ0) is 17.5. The molecule has 0 atom stereocenters. The second-order valence-electron chi connectivity index (χ2n) is 5.31. The minimum atomic E-state index is -0.461. The van der Waals surface area contributed by atoms with E-state index in [0.717, 1.165) is 5.56 Å². The molecular formula is C22H15NO2. The van der Waals surface area contributed by atoms with Crippen LogP contribution < -0.4 is 5.32 Å². The lowest BCUT2D eigenvalue weighted by Crippen LogP contribution is -2.13. The quantitative estimate of drug-likeness (QED) is 0.586. The smallest absolute Gasteiger partial charge is 0.300 e. The van der Waals surface area contributed by atoms with Crippen molar-refractivity contribution in [3.63, 3.8) is 0 Å². The number of benzene rings is 3. The molecule has 0 heterocycles. The van der Waals surface area contributed by atoms with E-state index in [1.54, 1.807) is 48.5 Å². The molecule has 0 saturated carbocycles. The van der Waals surface area contributed by atoms with Crippen LogP contribution in [0.3, 0.4) is 0 Å². The summed E-state index contributed by atoms with van der Waals surface area (Å²) in [5, 5.41) is 2.70. The lowest BCUT2D eigenvalue weighted by molar-refractivity contribution is -0.111. The molecule has 1 amide bonds. The summed E-state index contributed by atoms with van der Waals surface area (Å²) in [7, 11) is 0. The lowest BCUT2D eigenvalue weighted by atomic mass is 10.0. The molecule has 0 aromatic heterocycles. The highest BCUT2D eigenvalue weighted by Crippen LogP contribution is 2.19. The van der Waals surface area contributed by atoms with Gasteiger partial charge in [0.1, 0.15) is 0 Å². The molecule has 0 saturated heterocycles. The van der Waals surface area contributed by atoms with Crippen molar-refractivity contribution in [2.75, 3.05) is 5.32 Å². The molecule has 0 aliphatic heterocycles. The fraction of sp³-hybridized carbons (Fsp3) is 0. The van der Waals surface area contributed by atoms with Gasteiger partial charge in [-0.2, -0.15) is 0 Å². The van der Waals surface area contributed by atoms with Crippen LogP contribution in [0.15, 0.2) is 84.9 Å². The third kappa shape index (κ3) is 4.21. The maximum absolute atomic E-state index is 12.6. The van der Waals surface area contributed by atoms with Gasteiger partial charge in [-0.25, -0.2) is 0 Å². The van der Waals surface area contributed by atoms with Crippen molar-refractivity contribution in [3.05, 3.63) is 102 Å². The molecule has 120 valence electrons. The Morgan fingerprint density at radius 3 is 2.04 bits per heavy atom. The Labute approximate surface area is 146 Å². The average Bonchev–Trinajstić information content (AvgIpc) is 2.68. The number of rotatable bonds is 3. The Morgan fingerprint density at radius 1 is 0.720 bits per heavy atom. The molecule has 0 fully saturated rings. The Hall–Kier alpha value is -3.64. The SMILES string of the molecule is O=C(C#Cc1ccccc1)Nc1ccccc1C(=O)c1ccccc1. The van der Waals surface area contributed by atoms with Crippen LogP contribution in [0.25, 0.3) is 0 Å². The van der Waals surface area contributed by atoms with E-state index >= 15 is 0 Å². The molecule has 3 rings (SSSR count). The number of anilines is 1. The van der Waals surface area contributed by atoms with Gasteiger partial charge < -0.3 is 5.32 Å². The molecule has 3 heteroatoms. The first kappa shape index (κ1) is 16.2. The van der Waals surface area contributed by atoms with Gasteiger partial charge in [-0.15, -0.1) is 0 Å².